The van der Waals surface area contributed by atoms with Crippen LogP contribution in [-0.4, -0.2) is 21.6 Å². The van der Waals surface area contributed by atoms with Crippen molar-refractivity contribution in [1.82, 2.24) is 9.97 Å². The first-order chi connectivity index (χ1) is 14.2. The first-order valence-electron chi connectivity index (χ1n) is 10.2. The highest BCUT2D eigenvalue weighted by Crippen LogP contribution is 2.34. The van der Waals surface area contributed by atoms with Gasteiger partial charge in [-0.15, -0.1) is 11.3 Å². The molecule has 29 heavy (non-hydrogen) atoms. The largest absolute Gasteiger partial charge is 0.326 e. The van der Waals surface area contributed by atoms with Crippen LogP contribution in [0, 0.1) is 0 Å². The van der Waals surface area contributed by atoms with Crippen LogP contribution in [0.3, 0.4) is 0 Å². The van der Waals surface area contributed by atoms with Gasteiger partial charge in [0.2, 0.25) is 5.91 Å². The van der Waals surface area contributed by atoms with Crippen LogP contribution in [0.4, 0.5) is 5.69 Å². The third kappa shape index (κ3) is 3.85. The molecular weight excluding hydrogens is 402 g/mol. The van der Waals surface area contributed by atoms with E-state index >= 15 is 0 Å². The maximum absolute atomic E-state index is 12.5. The number of thioether (sulfide) groups is 1. The maximum atomic E-state index is 12.5. The average Bonchev–Trinajstić information content (AvgIpc) is 3.40. The van der Waals surface area contributed by atoms with Crippen molar-refractivity contribution in [2.24, 2.45) is 0 Å². The van der Waals surface area contributed by atoms with Gasteiger partial charge in [-0.05, 0) is 67.3 Å². The fourth-order valence-corrected chi connectivity index (χ4v) is 6.41. The summed E-state index contributed by atoms with van der Waals surface area (Å²) in [6.45, 7) is 0. The first-order valence-corrected chi connectivity index (χ1v) is 12.2. The number of benzene rings is 1. The molecule has 1 amide bonds. The molecule has 5 nitrogen and oxygen atoms in total. The Morgan fingerprint density at radius 3 is 2.97 bits per heavy atom. The van der Waals surface area contributed by atoms with E-state index in [1.165, 1.54) is 28.0 Å². The summed E-state index contributed by atoms with van der Waals surface area (Å²) in [6.07, 6.45) is 7.11. The molecule has 5 rings (SSSR count). The van der Waals surface area contributed by atoms with E-state index in [9.17, 15) is 9.59 Å². The summed E-state index contributed by atoms with van der Waals surface area (Å²) in [4.78, 5) is 34.5. The van der Waals surface area contributed by atoms with E-state index in [4.69, 9.17) is 0 Å². The van der Waals surface area contributed by atoms with Gasteiger partial charge in [-0.3, -0.25) is 9.59 Å². The third-order valence-corrected chi connectivity index (χ3v) is 7.87. The van der Waals surface area contributed by atoms with Crippen molar-refractivity contribution in [3.8, 4) is 0 Å². The quantitative estimate of drug-likeness (QED) is 0.580. The number of nitrogens with one attached hydrogen (secondary N) is 2. The number of hydrogen-bond donors (Lipinski definition) is 2. The molecule has 3 aromatic rings. The Bertz CT molecular complexity index is 1150. The molecule has 2 N–H and O–H groups in total. The lowest BCUT2D eigenvalue weighted by molar-refractivity contribution is -0.115. The number of aromatic nitrogens is 2. The molecule has 0 aliphatic heterocycles. The van der Waals surface area contributed by atoms with E-state index in [1.54, 1.807) is 23.1 Å². The van der Waals surface area contributed by atoms with Gasteiger partial charge in [0.05, 0.1) is 11.1 Å². The zero-order valence-corrected chi connectivity index (χ0v) is 17.8. The van der Waals surface area contributed by atoms with Gasteiger partial charge in [-0.2, -0.15) is 11.8 Å². The number of aromatic amines is 1. The standard InChI is InChI=1S/C22H23N3O2S2/c26-19(23-15-8-7-13-3-1-4-14(13)11-15)9-10-28-12-18-24-21(27)20-16-5-2-6-17(16)29-22(20)25-18/h7-8,11H,1-6,9-10,12H2,(H,23,26)(H,24,25,27). The Morgan fingerprint density at radius 1 is 1.17 bits per heavy atom. The van der Waals surface area contributed by atoms with Crippen LogP contribution in [0.5, 0.6) is 0 Å². The van der Waals surface area contributed by atoms with E-state index in [0.717, 1.165) is 48.0 Å². The van der Waals surface area contributed by atoms with Gasteiger partial charge < -0.3 is 10.3 Å². The second-order valence-electron chi connectivity index (χ2n) is 7.74. The zero-order chi connectivity index (χ0) is 19.8. The lowest BCUT2D eigenvalue weighted by Crippen LogP contribution is -2.13. The predicted octanol–water partition coefficient (Wildman–Crippen LogP) is 4.22. The number of H-pyrrole nitrogens is 1. The number of aryl methyl sites for hydroxylation is 4. The molecule has 2 aromatic heterocycles. The Morgan fingerprint density at radius 2 is 2.03 bits per heavy atom. The highest BCUT2D eigenvalue weighted by molar-refractivity contribution is 7.98. The molecule has 1 aromatic carbocycles. The summed E-state index contributed by atoms with van der Waals surface area (Å²) in [5.41, 5.74) is 4.86. The molecule has 7 heteroatoms. The summed E-state index contributed by atoms with van der Waals surface area (Å²) in [6, 6.07) is 6.23. The van der Waals surface area contributed by atoms with Crippen molar-refractivity contribution in [3.05, 3.63) is 55.9 Å². The molecule has 0 fully saturated rings. The SMILES string of the molecule is O=C(CCSCc1nc2sc3c(c2c(=O)[nH]1)CCC3)Nc1ccc2c(c1)CCC2. The highest BCUT2D eigenvalue weighted by Gasteiger charge is 2.21. The van der Waals surface area contributed by atoms with Crippen LogP contribution in [0.25, 0.3) is 10.2 Å². The Labute approximate surface area is 177 Å². The van der Waals surface area contributed by atoms with E-state index in [2.05, 4.69) is 27.4 Å². The van der Waals surface area contributed by atoms with Gasteiger partial charge in [0.15, 0.2) is 0 Å². The lowest BCUT2D eigenvalue weighted by atomic mass is 10.1. The number of carbonyl (C=O) groups is 1. The number of carbonyl (C=O) groups excluding carboxylic acids is 1. The van der Waals surface area contributed by atoms with Gasteiger partial charge in [0.25, 0.3) is 5.56 Å². The average molecular weight is 426 g/mol. The molecule has 0 unspecified atom stereocenters. The second-order valence-corrected chi connectivity index (χ2v) is 9.93. The Kier molecular flexibility index (Phi) is 5.18. The lowest BCUT2D eigenvalue weighted by Gasteiger charge is -2.07. The number of rotatable bonds is 6. The zero-order valence-electron chi connectivity index (χ0n) is 16.2. The molecule has 0 atom stereocenters. The van der Waals surface area contributed by atoms with Crippen molar-refractivity contribution in [2.75, 3.05) is 11.1 Å². The van der Waals surface area contributed by atoms with E-state index < -0.39 is 0 Å². The van der Waals surface area contributed by atoms with Crippen LogP contribution >= 0.6 is 23.1 Å². The summed E-state index contributed by atoms with van der Waals surface area (Å²) in [5, 5.41) is 3.80. The van der Waals surface area contributed by atoms with Gasteiger partial charge >= 0.3 is 0 Å². The molecule has 0 bridgehead atoms. The molecule has 0 saturated carbocycles. The molecule has 150 valence electrons. The van der Waals surface area contributed by atoms with Crippen molar-refractivity contribution >= 4 is 44.9 Å². The van der Waals surface area contributed by atoms with Crippen molar-refractivity contribution in [1.29, 1.82) is 0 Å². The van der Waals surface area contributed by atoms with Gasteiger partial charge in [-0.1, -0.05) is 6.07 Å². The van der Waals surface area contributed by atoms with Crippen molar-refractivity contribution in [3.63, 3.8) is 0 Å². The molecule has 2 aliphatic carbocycles. The summed E-state index contributed by atoms with van der Waals surface area (Å²) in [5.74, 6) is 2.03. The summed E-state index contributed by atoms with van der Waals surface area (Å²) < 4.78 is 0. The fourth-order valence-electron chi connectivity index (χ4n) is 4.32. The van der Waals surface area contributed by atoms with Crippen LogP contribution in [0.1, 0.15) is 46.7 Å². The molecular formula is C22H23N3O2S2. The predicted molar refractivity (Wildman–Crippen MR) is 120 cm³/mol. The number of thiophene rings is 1. The second kappa shape index (κ2) is 7.95. The van der Waals surface area contributed by atoms with Gasteiger partial charge in [-0.25, -0.2) is 4.98 Å². The molecule has 0 spiro atoms. The minimum atomic E-state index is -0.0145. The smallest absolute Gasteiger partial charge is 0.259 e. The minimum absolute atomic E-state index is 0.0145. The molecule has 0 saturated heterocycles. The summed E-state index contributed by atoms with van der Waals surface area (Å²) in [7, 11) is 0. The van der Waals surface area contributed by atoms with Crippen LogP contribution in [-0.2, 0) is 36.2 Å². The van der Waals surface area contributed by atoms with Crippen LogP contribution < -0.4 is 10.9 Å². The number of amides is 1. The van der Waals surface area contributed by atoms with E-state index in [1.807, 2.05) is 6.07 Å². The van der Waals surface area contributed by atoms with Crippen molar-refractivity contribution in [2.45, 2.75) is 50.7 Å². The minimum Gasteiger partial charge on any atom is -0.326 e. The maximum Gasteiger partial charge on any atom is 0.259 e. The van der Waals surface area contributed by atoms with Crippen LogP contribution in [0.2, 0.25) is 0 Å². The fraction of sp³-hybridized carbons (Fsp3) is 0.409. The Hall–Kier alpha value is -2.12. The van der Waals surface area contributed by atoms with Gasteiger partial charge in [0, 0.05) is 22.7 Å². The monoisotopic (exact) mass is 425 g/mol. The molecule has 2 aliphatic rings. The normalized spacial score (nSPS) is 14.9. The molecule has 0 radical (unpaired) electrons. The van der Waals surface area contributed by atoms with Crippen LogP contribution in [0.15, 0.2) is 23.0 Å². The third-order valence-electron chi connectivity index (χ3n) is 5.72. The van der Waals surface area contributed by atoms with E-state index in [0.29, 0.717) is 23.8 Å². The summed E-state index contributed by atoms with van der Waals surface area (Å²) >= 11 is 3.29. The van der Waals surface area contributed by atoms with Gasteiger partial charge in [0.1, 0.15) is 10.7 Å². The molecule has 2 heterocycles. The number of anilines is 1. The first kappa shape index (κ1) is 18.9. The number of nitrogens with zero attached hydrogens (tertiary/aromatic N) is 1. The van der Waals surface area contributed by atoms with E-state index in [-0.39, 0.29) is 11.5 Å². The topological polar surface area (TPSA) is 74.8 Å². The Balaban J connectivity index is 1.14. The number of hydrogen-bond acceptors (Lipinski definition) is 5. The highest BCUT2D eigenvalue weighted by atomic mass is 32.2. The number of fused-ring (bicyclic) bond motifs is 4. The van der Waals surface area contributed by atoms with Crippen molar-refractivity contribution < 1.29 is 4.79 Å².